The number of hydrogen-bond acceptors (Lipinski definition) is 1. The highest BCUT2D eigenvalue weighted by Gasteiger charge is 2.74. The Balaban J connectivity index is 6.04. The summed E-state index contributed by atoms with van der Waals surface area (Å²) in [6, 6.07) is 0. The Kier molecular flexibility index (Phi) is 7.14. The zero-order valence-electron chi connectivity index (χ0n) is 7.57. The van der Waals surface area contributed by atoms with Crippen LogP contribution in [0.4, 0.5) is 0 Å². The van der Waals surface area contributed by atoms with Crippen molar-refractivity contribution in [2.45, 2.75) is 21.1 Å². The summed E-state index contributed by atoms with van der Waals surface area (Å²) in [6.45, 7) is 0. The zero-order valence-corrected chi connectivity index (χ0v) is 15.9. The predicted octanol–water partition coefficient (Wildman–Crippen LogP) is 6.16. The number of alkyl halides is 11. The fourth-order valence-electron chi connectivity index (χ4n) is 0.716. The Labute approximate surface area is 158 Å². The van der Waals surface area contributed by atoms with E-state index in [9.17, 15) is 4.79 Å². The number of rotatable bonds is 3. The van der Waals surface area contributed by atoms with Crippen LogP contribution in [0.15, 0.2) is 0 Å². The normalized spacial score (nSPS) is 15.7. The molecule has 0 heterocycles. The highest BCUT2D eigenvalue weighted by Crippen LogP contribution is 2.64. The molecule has 0 aromatic heterocycles. The fraction of sp³-hybridized carbons (Fsp3) is 0.833. The predicted molar refractivity (Wildman–Crippen MR) is 83.7 cm³/mol. The molecule has 0 aromatic carbocycles. The van der Waals surface area contributed by atoms with Crippen LogP contribution in [-0.2, 0) is 4.79 Å². The maximum atomic E-state index is 11.1. The van der Waals surface area contributed by atoms with Crippen molar-refractivity contribution in [3.8, 4) is 0 Å². The molecule has 1 radical (unpaired) electrons. The van der Waals surface area contributed by atoms with Gasteiger partial charge in [0.2, 0.25) is 13.9 Å². The van der Waals surface area contributed by atoms with Gasteiger partial charge in [-0.1, -0.05) is 116 Å². The maximum absolute atomic E-state index is 11.1. The quantitative estimate of drug-likeness (QED) is 0.445. The Hall–Kier alpha value is 2.86. The summed E-state index contributed by atoms with van der Waals surface area (Å²) in [5, 5.41) is 0. The molecule has 1 nitrogen and oxygen atoms in total. The van der Waals surface area contributed by atoms with Crippen LogP contribution in [0.2, 0.25) is 0 Å². The molecule has 0 fully saturated rings. The van der Waals surface area contributed by atoms with Crippen LogP contribution in [0.25, 0.3) is 0 Å². The van der Waals surface area contributed by atoms with Gasteiger partial charge in [0.15, 0.2) is 13.5 Å². The molecule has 0 aliphatic carbocycles. The van der Waals surface area contributed by atoms with Crippen molar-refractivity contribution >= 4 is 134 Å². The van der Waals surface area contributed by atoms with Crippen molar-refractivity contribution in [2.24, 2.45) is 0 Å². The monoisotopic (exact) mass is 473 g/mol. The summed E-state index contributed by atoms with van der Waals surface area (Å²) in [5.41, 5.74) is 0. The Morgan fingerprint density at radius 1 is 0.556 bits per heavy atom. The van der Waals surface area contributed by atoms with Crippen molar-refractivity contribution in [2.75, 3.05) is 0 Å². The Bertz CT molecular complexity index is 297. The topological polar surface area (TPSA) is 17.1 Å². The van der Waals surface area contributed by atoms with Gasteiger partial charge in [-0.3, -0.25) is 4.79 Å². The lowest BCUT2D eigenvalue weighted by Crippen LogP contribution is -2.64. The van der Waals surface area contributed by atoms with Gasteiger partial charge in [0.1, 0.15) is 0 Å². The van der Waals surface area contributed by atoms with Crippen LogP contribution >= 0.6 is 128 Å². The Morgan fingerprint density at radius 3 is 0.889 bits per heavy atom. The largest absolute Gasteiger partial charge is 0.289 e. The van der Waals surface area contributed by atoms with E-state index in [2.05, 4.69) is 0 Å². The molecule has 0 saturated heterocycles. The molecule has 0 atom stereocenters. The second-order valence-corrected chi connectivity index (χ2v) is 10.7. The summed E-state index contributed by atoms with van der Waals surface area (Å²) in [6.07, 6.45) is 1.15. The van der Waals surface area contributed by atoms with E-state index in [4.69, 9.17) is 128 Å². The summed E-state index contributed by atoms with van der Waals surface area (Å²) in [5.74, 6) is 0. The van der Waals surface area contributed by atoms with Gasteiger partial charge in [-0.15, -0.1) is 11.6 Å². The number of hydrogen-bond donors (Lipinski definition) is 0. The molecule has 0 aliphatic heterocycles. The van der Waals surface area contributed by atoms with E-state index in [1.165, 1.54) is 0 Å². The van der Waals surface area contributed by atoms with Gasteiger partial charge in [-0.05, 0) is 0 Å². The first kappa shape index (κ1) is 20.9. The molecule has 0 unspecified atom stereocenters. The van der Waals surface area contributed by atoms with Gasteiger partial charge in [-0.2, -0.15) is 0 Å². The summed E-state index contributed by atoms with van der Waals surface area (Å²) < 4.78 is -10.3. The van der Waals surface area contributed by atoms with Crippen molar-refractivity contribution in [1.29, 1.82) is 0 Å². The minimum atomic E-state index is -2.76. The van der Waals surface area contributed by atoms with E-state index < -0.39 is 21.1 Å². The minimum Gasteiger partial charge on any atom is -0.289 e. The van der Waals surface area contributed by atoms with Crippen molar-refractivity contribution < 1.29 is 4.79 Å². The number of halogens is 11. The van der Waals surface area contributed by atoms with Crippen molar-refractivity contribution in [1.82, 2.24) is 0 Å². The average Bonchev–Trinajstić information content (AvgIpc) is 2.12. The van der Waals surface area contributed by atoms with E-state index in [1.807, 2.05) is 0 Å². The van der Waals surface area contributed by atoms with E-state index in [1.54, 1.807) is 0 Å². The third-order valence-corrected chi connectivity index (χ3v) is 7.88. The molecule has 0 spiro atoms. The fourth-order valence-corrected chi connectivity index (χ4v) is 3.05. The molecule has 107 valence electrons. The summed E-state index contributed by atoms with van der Waals surface area (Å²) in [7, 11) is 0. The molecule has 0 aromatic rings. The highest BCUT2D eigenvalue weighted by molar-refractivity contribution is 6.81. The first-order chi connectivity index (χ1) is 7.56. The second kappa shape index (κ2) is 6.16. The van der Waals surface area contributed by atoms with Gasteiger partial charge in [0.05, 0.1) is 0 Å². The van der Waals surface area contributed by atoms with Crippen LogP contribution in [0, 0.1) is 0 Å². The lowest BCUT2D eigenvalue weighted by Gasteiger charge is -2.46. The lowest BCUT2D eigenvalue weighted by atomic mass is 10.0. The molecule has 12 heteroatoms. The molecule has 0 bridgehead atoms. The second-order valence-electron chi connectivity index (χ2n) is 2.90. The van der Waals surface area contributed by atoms with Gasteiger partial charge >= 0.3 is 0 Å². The van der Waals surface area contributed by atoms with Crippen LogP contribution in [0.1, 0.15) is 0 Å². The summed E-state index contributed by atoms with van der Waals surface area (Å²) >= 11 is 61.8. The van der Waals surface area contributed by atoms with Gasteiger partial charge in [0.25, 0.3) is 0 Å². The molecule has 0 N–H and O–H groups in total. The van der Waals surface area contributed by atoms with Crippen LogP contribution in [-0.4, -0.2) is 27.4 Å². The van der Waals surface area contributed by atoms with E-state index >= 15 is 0 Å². The first-order valence-corrected chi connectivity index (χ1v) is 7.69. The molecule has 0 rings (SSSR count). The molecule has 0 amide bonds. The van der Waals surface area contributed by atoms with E-state index in [-0.39, 0.29) is 0 Å². The van der Waals surface area contributed by atoms with Crippen molar-refractivity contribution in [3.05, 3.63) is 0 Å². The summed E-state index contributed by atoms with van der Waals surface area (Å²) in [4.78, 5) is 8.31. The maximum Gasteiger partial charge on any atom is 0.227 e. The smallest absolute Gasteiger partial charge is 0.227 e. The molecular weight excluding hydrogens is 478 g/mol. The molecule has 18 heavy (non-hydrogen) atoms. The van der Waals surface area contributed by atoms with Gasteiger partial charge in [0, 0.05) is 0 Å². The molecular formula is C6Cl11O. The molecule has 0 saturated carbocycles. The zero-order chi connectivity index (χ0) is 15.2. The van der Waals surface area contributed by atoms with Gasteiger partial charge in [-0.25, -0.2) is 0 Å². The third kappa shape index (κ3) is 3.43. The van der Waals surface area contributed by atoms with E-state index in [0.29, 0.717) is 0 Å². The SMILES string of the molecule is O=[C]C(Cl)(C(Cl)(Cl)C(Cl)(Cl)Cl)C(Cl)(Cl)C(Cl)(Cl)Cl. The van der Waals surface area contributed by atoms with E-state index in [0.717, 1.165) is 6.29 Å². The van der Waals surface area contributed by atoms with Crippen molar-refractivity contribution in [3.63, 3.8) is 0 Å². The van der Waals surface area contributed by atoms with Crippen LogP contribution in [0.3, 0.4) is 0 Å². The lowest BCUT2D eigenvalue weighted by molar-refractivity contribution is 0.487. The first-order valence-electron chi connectivity index (χ1n) is 3.53. The average molecular weight is 478 g/mol. The third-order valence-electron chi connectivity index (χ3n) is 1.72. The van der Waals surface area contributed by atoms with Crippen LogP contribution < -0.4 is 0 Å². The highest BCUT2D eigenvalue weighted by atomic mass is 35.6. The van der Waals surface area contributed by atoms with Crippen LogP contribution in [0.5, 0.6) is 0 Å². The Morgan fingerprint density at radius 2 is 0.778 bits per heavy atom. The standard InChI is InChI=1S/C6Cl11O/c7-2(1-18,3(8,9)5(12,13)14)4(10,11)6(15,16)17. The molecule has 0 aliphatic rings. The number of carbonyl (C=O) groups excluding carboxylic acids is 1. The minimum absolute atomic E-state index is 1.15. The van der Waals surface area contributed by atoms with Gasteiger partial charge < -0.3 is 0 Å².